The lowest BCUT2D eigenvalue weighted by Crippen LogP contribution is -2.42. The Morgan fingerprint density at radius 1 is 1.22 bits per heavy atom. The van der Waals surface area contributed by atoms with Gasteiger partial charge < -0.3 is 19.3 Å². The average molecular weight is 358 g/mol. The van der Waals surface area contributed by atoms with Gasteiger partial charge in [0.2, 0.25) is 0 Å². The zero-order valence-electron chi connectivity index (χ0n) is 13.0. The molecule has 0 bridgehead atoms. The van der Waals surface area contributed by atoms with E-state index < -0.39 is 11.6 Å². The normalized spacial score (nSPS) is 31.1. The average Bonchev–Trinajstić information content (AvgIpc) is 3.08. The van der Waals surface area contributed by atoms with Crippen LogP contribution in [-0.4, -0.2) is 41.2 Å². The quantitative estimate of drug-likeness (QED) is 0.830. The van der Waals surface area contributed by atoms with Gasteiger partial charge in [0.25, 0.3) is 0 Å². The lowest BCUT2D eigenvalue weighted by Gasteiger charge is -2.40. The molecule has 0 radical (unpaired) electrons. The van der Waals surface area contributed by atoms with Gasteiger partial charge >= 0.3 is 0 Å². The molecular formula is C16H19FO4S2. The summed E-state index contributed by atoms with van der Waals surface area (Å²) in [6.07, 6.45) is 0.393. The molecule has 1 spiro atoms. The highest BCUT2D eigenvalue weighted by Crippen LogP contribution is 2.60. The first-order valence-corrected chi connectivity index (χ1v) is 9.65. The van der Waals surface area contributed by atoms with Crippen LogP contribution in [0.2, 0.25) is 0 Å². The third kappa shape index (κ3) is 2.71. The van der Waals surface area contributed by atoms with E-state index in [0.29, 0.717) is 12.4 Å². The van der Waals surface area contributed by atoms with Gasteiger partial charge in [0, 0.05) is 29.6 Å². The number of phenols is 1. The number of hydrogen-bond acceptors (Lipinski definition) is 6. The summed E-state index contributed by atoms with van der Waals surface area (Å²) >= 11 is 3.68. The third-order valence-electron chi connectivity index (χ3n) is 4.41. The van der Waals surface area contributed by atoms with Gasteiger partial charge in [0.05, 0.1) is 10.7 Å². The highest BCUT2D eigenvalue weighted by Gasteiger charge is 2.50. The van der Waals surface area contributed by atoms with Crippen LogP contribution in [0.15, 0.2) is 12.1 Å². The zero-order chi connectivity index (χ0) is 16.2. The van der Waals surface area contributed by atoms with Gasteiger partial charge in [-0.25, -0.2) is 4.39 Å². The summed E-state index contributed by atoms with van der Waals surface area (Å²) in [5.41, 5.74) is 0.873. The van der Waals surface area contributed by atoms with E-state index in [4.69, 9.17) is 14.2 Å². The zero-order valence-corrected chi connectivity index (χ0v) is 14.6. The molecule has 0 aromatic heterocycles. The molecule has 0 aliphatic carbocycles. The molecule has 4 nitrogen and oxygen atoms in total. The summed E-state index contributed by atoms with van der Waals surface area (Å²) in [5, 5.41) is 9.77. The summed E-state index contributed by atoms with van der Waals surface area (Å²) in [5.74, 6) is 0.978. The van der Waals surface area contributed by atoms with Crippen molar-refractivity contribution in [2.24, 2.45) is 0 Å². The topological polar surface area (TPSA) is 47.9 Å². The molecule has 4 rings (SSSR count). The van der Waals surface area contributed by atoms with Crippen molar-refractivity contribution < 1.29 is 23.7 Å². The SMILES string of the molecule is CC1(C)OC[C@@H]([C@H]2CC3(SCCS3)c3cc(O)c(F)cc3O2)O1. The van der Waals surface area contributed by atoms with Crippen LogP contribution in [0.5, 0.6) is 11.5 Å². The molecule has 1 aromatic rings. The number of aromatic hydroxyl groups is 1. The van der Waals surface area contributed by atoms with Gasteiger partial charge in [0.15, 0.2) is 17.4 Å². The second-order valence-corrected chi connectivity index (χ2v) is 9.52. The number of thioether (sulfide) groups is 2. The van der Waals surface area contributed by atoms with Crippen molar-refractivity contribution in [2.75, 3.05) is 18.1 Å². The fraction of sp³-hybridized carbons (Fsp3) is 0.625. The first-order chi connectivity index (χ1) is 10.9. The molecule has 126 valence electrons. The van der Waals surface area contributed by atoms with E-state index in [1.54, 1.807) is 0 Å². The van der Waals surface area contributed by atoms with Gasteiger partial charge in [0.1, 0.15) is 18.0 Å². The number of benzene rings is 1. The maximum atomic E-state index is 13.8. The molecule has 1 aromatic carbocycles. The lowest BCUT2D eigenvalue weighted by atomic mass is 9.97. The summed E-state index contributed by atoms with van der Waals surface area (Å²) in [6, 6.07) is 2.81. The number of ether oxygens (including phenoxy) is 3. The first kappa shape index (κ1) is 15.9. The molecule has 0 unspecified atom stereocenters. The van der Waals surface area contributed by atoms with Crippen molar-refractivity contribution in [3.05, 3.63) is 23.5 Å². The van der Waals surface area contributed by atoms with Crippen LogP contribution in [0.4, 0.5) is 4.39 Å². The van der Waals surface area contributed by atoms with E-state index in [-0.39, 0.29) is 22.0 Å². The van der Waals surface area contributed by atoms with Gasteiger partial charge in [-0.2, -0.15) is 0 Å². The highest BCUT2D eigenvalue weighted by molar-refractivity contribution is 8.20. The molecule has 2 atom stereocenters. The van der Waals surface area contributed by atoms with Crippen LogP contribution in [0.3, 0.4) is 0 Å². The van der Waals surface area contributed by atoms with E-state index in [2.05, 4.69) is 0 Å². The second kappa shape index (κ2) is 5.44. The molecule has 0 saturated carbocycles. The molecule has 7 heteroatoms. The Morgan fingerprint density at radius 2 is 1.96 bits per heavy atom. The fourth-order valence-electron chi connectivity index (χ4n) is 3.35. The molecule has 2 fully saturated rings. The molecule has 23 heavy (non-hydrogen) atoms. The molecule has 3 aliphatic rings. The Kier molecular flexibility index (Phi) is 3.75. The Hall–Kier alpha value is -0.630. The van der Waals surface area contributed by atoms with Crippen LogP contribution in [0, 0.1) is 5.82 Å². The van der Waals surface area contributed by atoms with Gasteiger partial charge in [-0.15, -0.1) is 23.5 Å². The van der Waals surface area contributed by atoms with Gasteiger partial charge in [-0.3, -0.25) is 0 Å². The molecule has 3 aliphatic heterocycles. The smallest absolute Gasteiger partial charge is 0.168 e. The molecular weight excluding hydrogens is 339 g/mol. The van der Waals surface area contributed by atoms with Crippen molar-refractivity contribution in [3.63, 3.8) is 0 Å². The van der Waals surface area contributed by atoms with Crippen LogP contribution in [0.25, 0.3) is 0 Å². The monoisotopic (exact) mass is 358 g/mol. The Balaban J connectivity index is 1.70. The largest absolute Gasteiger partial charge is 0.505 e. The summed E-state index contributed by atoms with van der Waals surface area (Å²) < 4.78 is 31.3. The molecule has 3 heterocycles. The first-order valence-electron chi connectivity index (χ1n) is 7.68. The third-order valence-corrected chi connectivity index (χ3v) is 7.89. The number of rotatable bonds is 1. The van der Waals surface area contributed by atoms with Gasteiger partial charge in [-0.05, 0) is 19.9 Å². The van der Waals surface area contributed by atoms with Crippen molar-refractivity contribution in [3.8, 4) is 11.5 Å². The van der Waals surface area contributed by atoms with E-state index >= 15 is 0 Å². The Labute approximate surface area is 143 Å². The maximum absolute atomic E-state index is 13.8. The number of hydrogen-bond donors (Lipinski definition) is 1. The van der Waals surface area contributed by atoms with E-state index in [1.165, 1.54) is 12.1 Å². The highest BCUT2D eigenvalue weighted by atomic mass is 32.2. The van der Waals surface area contributed by atoms with Crippen molar-refractivity contribution in [1.82, 2.24) is 0 Å². The van der Waals surface area contributed by atoms with Crippen molar-refractivity contribution in [2.45, 2.75) is 42.3 Å². The van der Waals surface area contributed by atoms with E-state index in [0.717, 1.165) is 23.5 Å². The molecule has 1 N–H and O–H groups in total. The van der Waals surface area contributed by atoms with Crippen molar-refractivity contribution >= 4 is 23.5 Å². The van der Waals surface area contributed by atoms with Crippen LogP contribution in [0.1, 0.15) is 25.8 Å². The summed E-state index contributed by atoms with van der Waals surface area (Å²) in [7, 11) is 0. The number of fused-ring (bicyclic) bond motifs is 2. The molecule has 2 saturated heterocycles. The minimum atomic E-state index is -0.656. The second-order valence-electron chi connectivity index (χ2n) is 6.48. The Morgan fingerprint density at radius 3 is 2.61 bits per heavy atom. The predicted octanol–water partition coefficient (Wildman–Crippen LogP) is 3.47. The lowest BCUT2D eigenvalue weighted by molar-refractivity contribution is -0.150. The fourth-order valence-corrected chi connectivity index (χ4v) is 6.71. The van der Waals surface area contributed by atoms with Crippen LogP contribution >= 0.6 is 23.5 Å². The predicted molar refractivity (Wildman–Crippen MR) is 88.6 cm³/mol. The number of phenolic OH excluding ortho intramolecular Hbond substituents is 1. The van der Waals surface area contributed by atoms with Gasteiger partial charge in [-0.1, -0.05) is 0 Å². The summed E-state index contributed by atoms with van der Waals surface area (Å²) in [6.45, 7) is 4.24. The minimum absolute atomic E-state index is 0.173. The van der Waals surface area contributed by atoms with E-state index in [9.17, 15) is 9.50 Å². The standard InChI is InChI=1S/C16H19FO4S2/c1-15(2)19-8-14(21-15)13-7-16(22-3-4-23-16)9-5-11(18)10(17)6-12(9)20-13/h5-6,13-14,18H,3-4,7-8H2,1-2H3/t13-,14+/m1/s1. The van der Waals surface area contributed by atoms with Crippen LogP contribution in [-0.2, 0) is 13.6 Å². The number of halogens is 1. The van der Waals surface area contributed by atoms with E-state index in [1.807, 2.05) is 37.4 Å². The Bertz CT molecular complexity index is 631. The minimum Gasteiger partial charge on any atom is -0.505 e. The summed E-state index contributed by atoms with van der Waals surface area (Å²) in [4.78, 5) is 0. The maximum Gasteiger partial charge on any atom is 0.168 e. The van der Waals surface area contributed by atoms with Crippen molar-refractivity contribution in [1.29, 1.82) is 0 Å². The van der Waals surface area contributed by atoms with Crippen LogP contribution < -0.4 is 4.74 Å². The molecule has 0 amide bonds.